The lowest BCUT2D eigenvalue weighted by Crippen LogP contribution is -2.55. The Hall–Kier alpha value is -3.99. The molecule has 1 aliphatic heterocycles. The molecule has 6 rings (SSSR count). The van der Waals surface area contributed by atoms with Gasteiger partial charge in [-0.2, -0.15) is 5.26 Å². The van der Waals surface area contributed by atoms with Crippen molar-refractivity contribution < 1.29 is 14.3 Å². The van der Waals surface area contributed by atoms with E-state index in [-0.39, 0.29) is 29.8 Å². The Bertz CT molecular complexity index is 1450. The Morgan fingerprint density at radius 1 is 1.16 bits per heavy atom. The van der Waals surface area contributed by atoms with Gasteiger partial charge in [-0.05, 0) is 56.2 Å². The molecule has 194 valence electrons. The van der Waals surface area contributed by atoms with E-state index in [4.69, 9.17) is 9.72 Å². The third kappa shape index (κ3) is 4.36. The Labute approximate surface area is 222 Å². The molecule has 8 heteroatoms. The Balaban J connectivity index is 1.27. The van der Waals surface area contributed by atoms with Crippen molar-refractivity contribution in [3.05, 3.63) is 54.0 Å². The molecule has 3 fully saturated rings. The first-order valence-electron chi connectivity index (χ1n) is 13.5. The molecule has 8 nitrogen and oxygen atoms in total. The number of carbonyl (C=O) groups is 2. The summed E-state index contributed by atoms with van der Waals surface area (Å²) in [5.41, 5.74) is 3.69. The van der Waals surface area contributed by atoms with Crippen LogP contribution in [0.15, 0.2) is 42.7 Å². The lowest BCUT2D eigenvalue weighted by atomic mass is 9.95. The minimum absolute atomic E-state index is 0.0307. The molecule has 0 spiro atoms. The number of aromatic nitrogens is 2. The highest BCUT2D eigenvalue weighted by molar-refractivity contribution is 5.97. The zero-order chi connectivity index (χ0) is 26.4. The van der Waals surface area contributed by atoms with Gasteiger partial charge in [0.1, 0.15) is 11.9 Å². The monoisotopic (exact) mass is 509 g/mol. The van der Waals surface area contributed by atoms with Crippen molar-refractivity contribution in [2.24, 2.45) is 11.8 Å². The van der Waals surface area contributed by atoms with E-state index in [2.05, 4.69) is 22.0 Å². The number of hydrogen-bond donors (Lipinski definition) is 0. The molecule has 3 heterocycles. The highest BCUT2D eigenvalue weighted by atomic mass is 16.5. The number of amides is 1. The molecule has 3 aliphatic rings. The Morgan fingerprint density at radius 3 is 2.74 bits per heavy atom. The number of nitriles is 1. The van der Waals surface area contributed by atoms with Crippen LogP contribution >= 0.6 is 0 Å². The van der Waals surface area contributed by atoms with Crippen LogP contribution in [0.25, 0.3) is 21.9 Å². The summed E-state index contributed by atoms with van der Waals surface area (Å²) in [7, 11) is 0. The number of benzene rings is 1. The largest absolute Gasteiger partial charge is 0.466 e. The summed E-state index contributed by atoms with van der Waals surface area (Å²) in [6.45, 7) is 5.86. The van der Waals surface area contributed by atoms with Crippen LogP contribution in [0.1, 0.15) is 50.3 Å². The zero-order valence-corrected chi connectivity index (χ0v) is 21.8. The first-order chi connectivity index (χ1) is 18.5. The Kier molecular flexibility index (Phi) is 6.22. The summed E-state index contributed by atoms with van der Waals surface area (Å²) in [4.78, 5) is 38.6. The molecular formula is C30H31N5O3. The molecule has 1 amide bonds. The fraction of sp³-hybridized carbons (Fsp3) is 0.433. The van der Waals surface area contributed by atoms with Crippen LogP contribution in [0.5, 0.6) is 0 Å². The van der Waals surface area contributed by atoms with E-state index in [0.29, 0.717) is 50.0 Å². The number of rotatable bonds is 6. The normalized spacial score (nSPS) is 22.7. The van der Waals surface area contributed by atoms with Crippen LogP contribution in [0.3, 0.4) is 0 Å². The summed E-state index contributed by atoms with van der Waals surface area (Å²) >= 11 is 0. The average molecular weight is 510 g/mol. The molecule has 2 saturated carbocycles. The number of piperazine rings is 1. The average Bonchev–Trinajstić information content (AvgIpc) is 3.86. The first kappa shape index (κ1) is 24.4. The lowest BCUT2D eigenvalue weighted by molar-refractivity contribution is -0.147. The maximum Gasteiger partial charge on any atom is 0.309 e. The van der Waals surface area contributed by atoms with Crippen molar-refractivity contribution in [1.82, 2.24) is 14.9 Å². The molecule has 0 radical (unpaired) electrons. The second-order valence-corrected chi connectivity index (χ2v) is 10.6. The number of esters is 1. The van der Waals surface area contributed by atoms with Crippen molar-refractivity contribution >= 4 is 28.5 Å². The van der Waals surface area contributed by atoms with Gasteiger partial charge in [0.05, 0.1) is 29.7 Å². The maximum atomic E-state index is 13.1. The summed E-state index contributed by atoms with van der Waals surface area (Å²) in [5.74, 6) is 0.280. The van der Waals surface area contributed by atoms with E-state index in [1.165, 1.54) is 0 Å². The van der Waals surface area contributed by atoms with Crippen LogP contribution in [-0.2, 0) is 14.3 Å². The number of hydrogen-bond acceptors (Lipinski definition) is 7. The fourth-order valence-corrected chi connectivity index (χ4v) is 5.75. The van der Waals surface area contributed by atoms with Gasteiger partial charge in [-0.25, -0.2) is 4.98 Å². The molecule has 2 aliphatic carbocycles. The van der Waals surface area contributed by atoms with Crippen LogP contribution in [-0.4, -0.2) is 59.0 Å². The molecule has 38 heavy (non-hydrogen) atoms. The van der Waals surface area contributed by atoms with Gasteiger partial charge < -0.3 is 14.5 Å². The number of carbonyl (C=O) groups excluding carboxylic acids is 2. The second-order valence-electron chi connectivity index (χ2n) is 10.6. The minimum Gasteiger partial charge on any atom is -0.466 e. The van der Waals surface area contributed by atoms with E-state index in [9.17, 15) is 14.9 Å². The van der Waals surface area contributed by atoms with Crippen molar-refractivity contribution in [1.29, 1.82) is 5.26 Å². The molecule has 1 saturated heterocycles. The van der Waals surface area contributed by atoms with Gasteiger partial charge in [-0.1, -0.05) is 18.2 Å². The summed E-state index contributed by atoms with van der Waals surface area (Å²) in [6, 6.07) is 12.5. The number of pyridine rings is 2. The molecule has 3 atom stereocenters. The van der Waals surface area contributed by atoms with Gasteiger partial charge >= 0.3 is 5.97 Å². The predicted molar refractivity (Wildman–Crippen MR) is 143 cm³/mol. The van der Waals surface area contributed by atoms with E-state index in [0.717, 1.165) is 40.4 Å². The third-order valence-corrected chi connectivity index (χ3v) is 7.99. The zero-order valence-electron chi connectivity index (χ0n) is 21.8. The highest BCUT2D eigenvalue weighted by Gasteiger charge is 2.51. The maximum absolute atomic E-state index is 13.1. The quantitative estimate of drug-likeness (QED) is 0.457. The number of anilines is 1. The SMILES string of the molecule is CCOC(=O)C1CC1C(=O)N1CCN(c2nc(C3CC3)c(-c3cccc4cnccc34)cc2C#N)C[C@H]1C. The minimum atomic E-state index is -0.307. The first-order valence-corrected chi connectivity index (χ1v) is 13.5. The molecule has 0 N–H and O–H groups in total. The van der Waals surface area contributed by atoms with Gasteiger partial charge in [0.25, 0.3) is 0 Å². The van der Waals surface area contributed by atoms with Crippen LogP contribution in [0, 0.1) is 23.2 Å². The third-order valence-electron chi connectivity index (χ3n) is 7.99. The van der Waals surface area contributed by atoms with Crippen LogP contribution in [0.2, 0.25) is 0 Å². The van der Waals surface area contributed by atoms with Crippen molar-refractivity contribution in [3.8, 4) is 17.2 Å². The summed E-state index contributed by atoms with van der Waals surface area (Å²) in [6.07, 6.45) is 6.43. The molecule has 2 aromatic heterocycles. The molecular weight excluding hydrogens is 478 g/mol. The van der Waals surface area contributed by atoms with E-state index in [1.54, 1.807) is 13.1 Å². The van der Waals surface area contributed by atoms with Crippen LogP contribution in [0.4, 0.5) is 5.82 Å². The van der Waals surface area contributed by atoms with Crippen molar-refractivity contribution in [2.45, 2.75) is 45.1 Å². The van der Waals surface area contributed by atoms with Crippen molar-refractivity contribution in [2.75, 3.05) is 31.1 Å². The van der Waals surface area contributed by atoms with Crippen LogP contribution < -0.4 is 4.90 Å². The standard InChI is InChI=1S/C30H31N5O3/c1-3-38-30(37)26-14-25(26)29(36)35-12-11-34(17-18(35)2)28-21(15-31)13-24(27(33-28)19-7-8-19)23-6-4-5-20-16-32-10-9-22(20)23/h4-6,9-10,13,16,18-19,25-26H,3,7-8,11-12,14,17H2,1-2H3/t18-,25?,26?/m1/s1. The van der Waals surface area contributed by atoms with Gasteiger partial charge in [0, 0.05) is 54.9 Å². The fourth-order valence-electron chi connectivity index (χ4n) is 5.75. The van der Waals surface area contributed by atoms with Gasteiger partial charge in [-0.3, -0.25) is 14.6 Å². The number of nitrogens with zero attached hydrogens (tertiary/aromatic N) is 5. The lowest BCUT2D eigenvalue weighted by Gasteiger charge is -2.41. The summed E-state index contributed by atoms with van der Waals surface area (Å²) in [5, 5.41) is 12.3. The van der Waals surface area contributed by atoms with E-state index >= 15 is 0 Å². The molecule has 0 bridgehead atoms. The smallest absolute Gasteiger partial charge is 0.309 e. The van der Waals surface area contributed by atoms with Gasteiger partial charge in [0.15, 0.2) is 0 Å². The summed E-state index contributed by atoms with van der Waals surface area (Å²) < 4.78 is 5.10. The van der Waals surface area contributed by atoms with E-state index < -0.39 is 0 Å². The second kappa shape index (κ2) is 9.71. The number of fused-ring (bicyclic) bond motifs is 1. The highest BCUT2D eigenvalue weighted by Crippen LogP contribution is 2.46. The van der Waals surface area contributed by atoms with E-state index in [1.807, 2.05) is 42.3 Å². The molecule has 2 unspecified atom stereocenters. The topological polar surface area (TPSA) is 99.4 Å². The van der Waals surface area contributed by atoms with Gasteiger partial charge in [-0.15, -0.1) is 0 Å². The Morgan fingerprint density at radius 2 is 2.00 bits per heavy atom. The number of ether oxygens (including phenoxy) is 1. The molecule has 1 aromatic carbocycles. The van der Waals surface area contributed by atoms with Crippen molar-refractivity contribution in [3.63, 3.8) is 0 Å². The van der Waals surface area contributed by atoms with Gasteiger partial charge in [0.2, 0.25) is 5.91 Å². The molecule has 3 aromatic rings. The predicted octanol–water partition coefficient (Wildman–Crippen LogP) is 4.28.